The lowest BCUT2D eigenvalue weighted by molar-refractivity contribution is 0.0325. The third kappa shape index (κ3) is 4.54. The lowest BCUT2D eigenvalue weighted by Gasteiger charge is -2.27. The van der Waals surface area contributed by atoms with Crippen LogP contribution >= 0.6 is 11.3 Å². The lowest BCUT2D eigenvalue weighted by Crippen LogP contribution is -2.38. The number of ether oxygens (including phenoxy) is 3. The van der Waals surface area contributed by atoms with E-state index in [0.717, 1.165) is 40.7 Å². The first-order chi connectivity index (χ1) is 16.7. The van der Waals surface area contributed by atoms with Gasteiger partial charge in [0.15, 0.2) is 11.5 Å². The van der Waals surface area contributed by atoms with Gasteiger partial charge in [-0.2, -0.15) is 0 Å². The van der Waals surface area contributed by atoms with Crippen LogP contribution in [0.1, 0.15) is 10.8 Å². The molecule has 0 N–H and O–H groups in total. The Morgan fingerprint density at radius 2 is 1.79 bits per heavy atom. The van der Waals surface area contributed by atoms with Gasteiger partial charge in [-0.15, -0.1) is 11.3 Å². The quantitative estimate of drug-likeness (QED) is 0.403. The van der Waals surface area contributed by atoms with E-state index in [1.807, 2.05) is 47.8 Å². The number of aromatic nitrogens is 3. The summed E-state index contributed by atoms with van der Waals surface area (Å²) in [6.45, 7) is 4.00. The van der Waals surface area contributed by atoms with Gasteiger partial charge in [-0.25, -0.2) is 9.97 Å². The maximum atomic E-state index is 13.5. The number of benzene rings is 2. The number of hydrogen-bond donors (Lipinski definition) is 0. The van der Waals surface area contributed by atoms with E-state index in [-0.39, 0.29) is 5.56 Å². The maximum absolute atomic E-state index is 13.5. The van der Waals surface area contributed by atoms with Crippen LogP contribution in [0.2, 0.25) is 0 Å². The third-order valence-corrected chi connectivity index (χ3v) is 6.77. The third-order valence-electron chi connectivity index (χ3n) is 5.93. The van der Waals surface area contributed by atoms with Crippen LogP contribution in [-0.2, 0) is 17.8 Å². The minimum atomic E-state index is -0.0447. The lowest BCUT2D eigenvalue weighted by atomic mass is 10.1. The minimum Gasteiger partial charge on any atom is -0.493 e. The van der Waals surface area contributed by atoms with Crippen molar-refractivity contribution in [3.63, 3.8) is 0 Å². The Labute approximate surface area is 201 Å². The van der Waals surface area contributed by atoms with Crippen molar-refractivity contribution in [1.29, 1.82) is 0 Å². The number of morpholine rings is 1. The van der Waals surface area contributed by atoms with E-state index in [0.29, 0.717) is 43.2 Å². The molecule has 1 aliphatic rings. The van der Waals surface area contributed by atoms with Gasteiger partial charge < -0.3 is 14.2 Å². The largest absolute Gasteiger partial charge is 0.493 e. The normalized spacial score (nSPS) is 14.4. The standard InChI is InChI=1S/C25H26N4O4S/c1-31-21-8-7-17(13-22(21)32-2)20-16-34-24(27-20)15-29-23(14-28-9-11-33-12-10-28)26-19-6-4-3-5-18(19)25(29)30/h3-8,13,16H,9-12,14-15H2,1-2H3. The molecule has 0 amide bonds. The predicted octanol–water partition coefficient (Wildman–Crippen LogP) is 3.42. The van der Waals surface area contributed by atoms with Crippen LogP contribution in [0.4, 0.5) is 0 Å². The highest BCUT2D eigenvalue weighted by atomic mass is 32.1. The Morgan fingerprint density at radius 3 is 2.59 bits per heavy atom. The fourth-order valence-corrected chi connectivity index (χ4v) is 4.90. The van der Waals surface area contributed by atoms with Crippen LogP contribution in [0.25, 0.3) is 22.2 Å². The van der Waals surface area contributed by atoms with Crippen LogP contribution in [-0.4, -0.2) is 60.0 Å². The summed E-state index contributed by atoms with van der Waals surface area (Å²) in [6, 6.07) is 13.2. The molecule has 0 radical (unpaired) electrons. The number of methoxy groups -OCH3 is 2. The molecule has 34 heavy (non-hydrogen) atoms. The van der Waals surface area contributed by atoms with E-state index < -0.39 is 0 Å². The molecule has 0 spiro atoms. The molecule has 8 nitrogen and oxygen atoms in total. The zero-order chi connectivity index (χ0) is 23.5. The molecule has 176 valence electrons. The van der Waals surface area contributed by atoms with Gasteiger partial charge in [0.2, 0.25) is 0 Å². The molecule has 3 heterocycles. The van der Waals surface area contributed by atoms with E-state index in [2.05, 4.69) is 4.90 Å². The van der Waals surface area contributed by atoms with Gasteiger partial charge >= 0.3 is 0 Å². The topological polar surface area (TPSA) is 78.7 Å². The van der Waals surface area contributed by atoms with Crippen molar-refractivity contribution in [2.24, 2.45) is 0 Å². The number of para-hydroxylation sites is 1. The van der Waals surface area contributed by atoms with Crippen LogP contribution < -0.4 is 15.0 Å². The Morgan fingerprint density at radius 1 is 1.00 bits per heavy atom. The summed E-state index contributed by atoms with van der Waals surface area (Å²) >= 11 is 1.53. The molecule has 0 aliphatic carbocycles. The Balaban J connectivity index is 1.49. The highest BCUT2D eigenvalue weighted by molar-refractivity contribution is 7.09. The molecule has 0 atom stereocenters. The van der Waals surface area contributed by atoms with Crippen LogP contribution in [0.5, 0.6) is 11.5 Å². The minimum absolute atomic E-state index is 0.0447. The second-order valence-electron chi connectivity index (χ2n) is 8.02. The van der Waals surface area contributed by atoms with Crippen LogP contribution in [0.15, 0.2) is 52.6 Å². The smallest absolute Gasteiger partial charge is 0.261 e. The maximum Gasteiger partial charge on any atom is 0.261 e. The molecular formula is C25H26N4O4S. The van der Waals surface area contributed by atoms with Gasteiger partial charge in [0.05, 0.1) is 57.1 Å². The number of hydrogen-bond acceptors (Lipinski definition) is 8. The molecule has 5 rings (SSSR count). The Hall–Kier alpha value is -3.27. The molecule has 1 fully saturated rings. The SMILES string of the molecule is COc1ccc(-c2csc(Cn3c(CN4CCOCC4)nc4ccccc4c3=O)n2)cc1OC. The number of thiazole rings is 1. The molecular weight excluding hydrogens is 452 g/mol. The van der Waals surface area contributed by atoms with E-state index >= 15 is 0 Å². The van der Waals surface area contributed by atoms with E-state index in [1.54, 1.807) is 18.8 Å². The van der Waals surface area contributed by atoms with E-state index in [4.69, 9.17) is 24.2 Å². The molecule has 1 saturated heterocycles. The van der Waals surface area contributed by atoms with E-state index in [1.165, 1.54) is 11.3 Å². The summed E-state index contributed by atoms with van der Waals surface area (Å²) in [4.78, 5) is 25.4. The summed E-state index contributed by atoms with van der Waals surface area (Å²) in [5.74, 6) is 2.06. The monoisotopic (exact) mass is 478 g/mol. The van der Waals surface area contributed by atoms with Crippen LogP contribution in [0.3, 0.4) is 0 Å². The molecule has 9 heteroatoms. The van der Waals surface area contributed by atoms with Crippen molar-refractivity contribution >= 4 is 22.2 Å². The first kappa shape index (κ1) is 22.5. The van der Waals surface area contributed by atoms with Gasteiger partial charge in [0.25, 0.3) is 5.56 Å². The fourth-order valence-electron chi connectivity index (χ4n) is 4.10. The van der Waals surface area contributed by atoms with Gasteiger partial charge in [-0.1, -0.05) is 12.1 Å². The van der Waals surface area contributed by atoms with Crippen molar-refractivity contribution in [2.45, 2.75) is 13.1 Å². The van der Waals surface area contributed by atoms with Crippen molar-refractivity contribution in [1.82, 2.24) is 19.4 Å². The second-order valence-corrected chi connectivity index (χ2v) is 8.96. The molecule has 2 aromatic carbocycles. The first-order valence-corrected chi connectivity index (χ1v) is 12.0. The summed E-state index contributed by atoms with van der Waals surface area (Å²) in [6.07, 6.45) is 0. The zero-order valence-electron chi connectivity index (χ0n) is 19.2. The molecule has 0 unspecified atom stereocenters. The van der Waals surface area contributed by atoms with Gasteiger partial charge in [-0.05, 0) is 30.3 Å². The number of rotatable bonds is 7. The number of fused-ring (bicyclic) bond motifs is 1. The van der Waals surface area contributed by atoms with Crippen molar-refractivity contribution in [2.75, 3.05) is 40.5 Å². The molecule has 0 bridgehead atoms. The summed E-state index contributed by atoms with van der Waals surface area (Å²) in [5, 5.41) is 3.45. The molecule has 4 aromatic rings. The summed E-state index contributed by atoms with van der Waals surface area (Å²) < 4.78 is 18.0. The fraction of sp³-hybridized carbons (Fsp3) is 0.320. The number of nitrogens with zero attached hydrogens (tertiary/aromatic N) is 4. The van der Waals surface area contributed by atoms with Crippen molar-refractivity contribution in [3.05, 3.63) is 69.0 Å². The van der Waals surface area contributed by atoms with Gasteiger partial charge in [0, 0.05) is 24.0 Å². The Kier molecular flexibility index (Phi) is 6.57. The average molecular weight is 479 g/mol. The molecule has 1 aliphatic heterocycles. The summed E-state index contributed by atoms with van der Waals surface area (Å²) in [5.41, 5.74) is 2.43. The first-order valence-electron chi connectivity index (χ1n) is 11.1. The highest BCUT2D eigenvalue weighted by Gasteiger charge is 2.18. The van der Waals surface area contributed by atoms with Gasteiger partial charge in [0.1, 0.15) is 10.8 Å². The Bertz CT molecular complexity index is 1360. The zero-order valence-corrected chi connectivity index (χ0v) is 20.0. The summed E-state index contributed by atoms with van der Waals surface area (Å²) in [7, 11) is 3.23. The highest BCUT2D eigenvalue weighted by Crippen LogP contribution is 2.32. The van der Waals surface area contributed by atoms with Crippen LogP contribution in [0, 0.1) is 0 Å². The average Bonchev–Trinajstić information content (AvgIpc) is 3.35. The van der Waals surface area contributed by atoms with Crippen molar-refractivity contribution < 1.29 is 14.2 Å². The predicted molar refractivity (Wildman–Crippen MR) is 132 cm³/mol. The molecule has 2 aromatic heterocycles. The van der Waals surface area contributed by atoms with Crippen molar-refractivity contribution in [3.8, 4) is 22.8 Å². The molecule has 0 saturated carbocycles. The van der Waals surface area contributed by atoms with E-state index in [9.17, 15) is 4.79 Å². The second kappa shape index (κ2) is 9.92. The van der Waals surface area contributed by atoms with Gasteiger partial charge in [-0.3, -0.25) is 14.3 Å².